The minimum absolute atomic E-state index is 0.841. The van der Waals surface area contributed by atoms with Crippen LogP contribution in [0.4, 0.5) is 0 Å². The van der Waals surface area contributed by atoms with Gasteiger partial charge >= 0.3 is 0 Å². The van der Waals surface area contributed by atoms with Crippen molar-refractivity contribution in [3.63, 3.8) is 0 Å². The predicted molar refractivity (Wildman–Crippen MR) is 87.6 cm³/mol. The number of nitrogens with one attached hydrogen (secondary N) is 1. The number of pyridine rings is 1. The zero-order valence-corrected chi connectivity index (χ0v) is 12.5. The van der Waals surface area contributed by atoms with Crippen LogP contribution in [-0.4, -0.2) is 41.2 Å². The molecule has 112 valence electrons. The maximum absolute atomic E-state index is 5.41. The highest BCUT2D eigenvalue weighted by Crippen LogP contribution is 2.23. The molecular weight excluding hydrogens is 274 g/mol. The lowest BCUT2D eigenvalue weighted by atomic mass is 10.0. The number of nitrogens with zero attached hydrogens (tertiary/aromatic N) is 2. The van der Waals surface area contributed by atoms with Crippen molar-refractivity contribution >= 4 is 11.0 Å². The molecule has 0 atom stereocenters. The lowest BCUT2D eigenvalue weighted by Gasteiger charge is -2.26. The molecule has 3 aromatic rings. The highest BCUT2D eigenvalue weighted by Gasteiger charge is 2.11. The summed E-state index contributed by atoms with van der Waals surface area (Å²) in [5, 5.41) is 1.15. The Kier molecular flexibility index (Phi) is 3.62. The van der Waals surface area contributed by atoms with Gasteiger partial charge in [0.25, 0.3) is 0 Å². The van der Waals surface area contributed by atoms with Gasteiger partial charge in [-0.3, -0.25) is 4.90 Å². The van der Waals surface area contributed by atoms with E-state index in [0.29, 0.717) is 0 Å². The molecule has 22 heavy (non-hydrogen) atoms. The van der Waals surface area contributed by atoms with Crippen molar-refractivity contribution in [1.82, 2.24) is 14.9 Å². The molecular formula is C18H19N3O. The van der Waals surface area contributed by atoms with E-state index in [0.717, 1.165) is 49.4 Å². The van der Waals surface area contributed by atoms with Gasteiger partial charge in [0.15, 0.2) is 0 Å². The van der Waals surface area contributed by atoms with E-state index in [1.165, 1.54) is 11.1 Å². The zero-order chi connectivity index (χ0) is 14.8. The van der Waals surface area contributed by atoms with Crippen LogP contribution < -0.4 is 0 Å². The average Bonchev–Trinajstić information content (AvgIpc) is 3.04. The van der Waals surface area contributed by atoms with E-state index in [4.69, 9.17) is 4.74 Å². The van der Waals surface area contributed by atoms with Gasteiger partial charge in [-0.25, -0.2) is 4.98 Å². The van der Waals surface area contributed by atoms with Crippen LogP contribution in [0.2, 0.25) is 0 Å². The molecule has 0 bridgehead atoms. The molecule has 0 radical (unpaired) electrons. The number of aromatic nitrogens is 2. The lowest BCUT2D eigenvalue weighted by molar-refractivity contribution is 0.0342. The Hall–Kier alpha value is -2.17. The standard InChI is InChI=1S/C18H19N3O/c1-2-14(13-21-6-8-22-9-7-21)10-15(3-1)17-11-16-4-5-19-18(16)20-12-17/h1-5,10-12H,6-9,13H2,(H,19,20). The minimum Gasteiger partial charge on any atom is -0.379 e. The fourth-order valence-corrected chi connectivity index (χ4v) is 2.96. The van der Waals surface area contributed by atoms with Crippen molar-refractivity contribution in [3.05, 3.63) is 54.4 Å². The molecule has 3 heterocycles. The van der Waals surface area contributed by atoms with Crippen LogP contribution in [0.5, 0.6) is 0 Å². The van der Waals surface area contributed by atoms with Crippen LogP contribution in [-0.2, 0) is 11.3 Å². The third kappa shape index (κ3) is 2.75. The van der Waals surface area contributed by atoms with Gasteiger partial charge in [0.2, 0.25) is 0 Å². The first-order valence-electron chi connectivity index (χ1n) is 7.71. The highest BCUT2D eigenvalue weighted by atomic mass is 16.5. The van der Waals surface area contributed by atoms with Crippen molar-refractivity contribution in [1.29, 1.82) is 0 Å². The maximum Gasteiger partial charge on any atom is 0.137 e. The summed E-state index contributed by atoms with van der Waals surface area (Å²) in [6, 6.07) is 13.0. The summed E-state index contributed by atoms with van der Waals surface area (Å²) in [7, 11) is 0. The smallest absolute Gasteiger partial charge is 0.137 e. The number of rotatable bonds is 3. The van der Waals surface area contributed by atoms with Gasteiger partial charge in [-0.1, -0.05) is 18.2 Å². The number of H-pyrrole nitrogens is 1. The molecule has 1 N–H and O–H groups in total. The van der Waals surface area contributed by atoms with Crippen LogP contribution in [0.15, 0.2) is 48.8 Å². The fraction of sp³-hybridized carbons (Fsp3) is 0.278. The maximum atomic E-state index is 5.41. The van der Waals surface area contributed by atoms with Crippen molar-refractivity contribution < 1.29 is 4.74 Å². The van der Waals surface area contributed by atoms with E-state index in [9.17, 15) is 0 Å². The Labute approximate surface area is 129 Å². The summed E-state index contributed by atoms with van der Waals surface area (Å²) in [6.45, 7) is 4.70. The number of fused-ring (bicyclic) bond motifs is 1. The van der Waals surface area contributed by atoms with E-state index < -0.39 is 0 Å². The van der Waals surface area contributed by atoms with Gasteiger partial charge in [0.05, 0.1) is 13.2 Å². The summed E-state index contributed by atoms with van der Waals surface area (Å²) in [5.41, 5.74) is 4.67. The number of aromatic amines is 1. The molecule has 4 rings (SSSR count). The molecule has 1 aliphatic heterocycles. The molecule has 0 aliphatic carbocycles. The van der Waals surface area contributed by atoms with Crippen molar-refractivity contribution in [2.45, 2.75) is 6.54 Å². The Morgan fingerprint density at radius 2 is 2.00 bits per heavy atom. The number of hydrogen-bond donors (Lipinski definition) is 1. The average molecular weight is 293 g/mol. The molecule has 1 saturated heterocycles. The third-order valence-electron chi connectivity index (χ3n) is 4.17. The van der Waals surface area contributed by atoms with E-state index in [1.54, 1.807) is 0 Å². The van der Waals surface area contributed by atoms with E-state index in [-0.39, 0.29) is 0 Å². The second-order valence-electron chi connectivity index (χ2n) is 5.73. The van der Waals surface area contributed by atoms with Crippen LogP contribution in [0.25, 0.3) is 22.2 Å². The first-order valence-corrected chi connectivity index (χ1v) is 7.71. The molecule has 1 aromatic carbocycles. The Bertz CT molecular complexity index is 775. The summed E-state index contributed by atoms with van der Waals surface area (Å²) < 4.78 is 5.41. The summed E-state index contributed by atoms with van der Waals surface area (Å²) in [5.74, 6) is 0. The second kappa shape index (κ2) is 5.91. The molecule has 0 spiro atoms. The lowest BCUT2D eigenvalue weighted by Crippen LogP contribution is -2.35. The molecule has 4 heteroatoms. The van der Waals surface area contributed by atoms with E-state index in [1.807, 2.05) is 12.4 Å². The number of morpholine rings is 1. The van der Waals surface area contributed by atoms with Gasteiger partial charge in [-0.2, -0.15) is 0 Å². The van der Waals surface area contributed by atoms with Crippen LogP contribution in [0, 0.1) is 0 Å². The molecule has 0 saturated carbocycles. The van der Waals surface area contributed by atoms with Gasteiger partial charge in [-0.05, 0) is 29.3 Å². The molecule has 1 aliphatic rings. The number of benzene rings is 1. The Balaban J connectivity index is 1.60. The van der Waals surface area contributed by atoms with Gasteiger partial charge in [0.1, 0.15) is 5.65 Å². The zero-order valence-electron chi connectivity index (χ0n) is 12.5. The molecule has 0 unspecified atom stereocenters. The van der Waals surface area contributed by atoms with Crippen LogP contribution >= 0.6 is 0 Å². The summed E-state index contributed by atoms with van der Waals surface area (Å²) in [6.07, 6.45) is 3.86. The monoisotopic (exact) mass is 293 g/mol. The number of hydrogen-bond acceptors (Lipinski definition) is 3. The highest BCUT2D eigenvalue weighted by molar-refractivity contribution is 5.81. The van der Waals surface area contributed by atoms with E-state index >= 15 is 0 Å². The molecule has 2 aromatic heterocycles. The molecule has 4 nitrogen and oxygen atoms in total. The molecule has 1 fully saturated rings. The Morgan fingerprint density at radius 3 is 2.91 bits per heavy atom. The largest absolute Gasteiger partial charge is 0.379 e. The van der Waals surface area contributed by atoms with Gasteiger partial charge < -0.3 is 9.72 Å². The van der Waals surface area contributed by atoms with Crippen LogP contribution in [0.3, 0.4) is 0 Å². The number of ether oxygens (including phenoxy) is 1. The summed E-state index contributed by atoms with van der Waals surface area (Å²) in [4.78, 5) is 10.1. The first-order chi connectivity index (χ1) is 10.9. The van der Waals surface area contributed by atoms with Crippen LogP contribution in [0.1, 0.15) is 5.56 Å². The topological polar surface area (TPSA) is 41.1 Å². The van der Waals surface area contributed by atoms with Gasteiger partial charge in [-0.15, -0.1) is 0 Å². The SMILES string of the molecule is c1cc(CN2CCOCC2)cc(-c2cnc3[nH]ccc3c2)c1. The second-order valence-corrected chi connectivity index (χ2v) is 5.73. The van der Waals surface area contributed by atoms with Gasteiger partial charge in [0, 0.05) is 43.0 Å². The van der Waals surface area contributed by atoms with E-state index in [2.05, 4.69) is 51.3 Å². The molecule has 0 amide bonds. The normalized spacial score (nSPS) is 16.2. The Morgan fingerprint density at radius 1 is 1.09 bits per heavy atom. The quantitative estimate of drug-likeness (QED) is 0.807. The minimum atomic E-state index is 0.841. The first kappa shape index (κ1) is 13.5. The fourth-order valence-electron chi connectivity index (χ4n) is 2.96. The van der Waals surface area contributed by atoms with Crippen molar-refractivity contribution in [2.24, 2.45) is 0 Å². The summed E-state index contributed by atoms with van der Waals surface area (Å²) >= 11 is 0. The van der Waals surface area contributed by atoms with Crippen molar-refractivity contribution in [3.8, 4) is 11.1 Å². The third-order valence-corrected chi connectivity index (χ3v) is 4.17. The van der Waals surface area contributed by atoms with Crippen molar-refractivity contribution in [2.75, 3.05) is 26.3 Å². The predicted octanol–water partition coefficient (Wildman–Crippen LogP) is 3.06.